The van der Waals surface area contributed by atoms with Gasteiger partial charge < -0.3 is 86.7 Å². The highest BCUT2D eigenvalue weighted by molar-refractivity contribution is 6.06. The first-order valence-electron chi connectivity index (χ1n) is 31.8. The lowest BCUT2D eigenvalue weighted by Crippen LogP contribution is -2.46. The maximum Gasteiger partial charge on any atom is 0.408 e. The van der Waals surface area contributed by atoms with Gasteiger partial charge in [-0.15, -0.1) is 0 Å². The summed E-state index contributed by atoms with van der Waals surface area (Å²) in [5, 5.41) is 24.5. The molecule has 0 fully saturated rings. The molecule has 0 aliphatic heterocycles. The number of unbranched alkanes of at least 4 members (excludes halogenated alkanes) is 3. The van der Waals surface area contributed by atoms with Gasteiger partial charge in [0.1, 0.15) is 60.8 Å². The summed E-state index contributed by atoms with van der Waals surface area (Å²) in [5.41, 5.74) is 7.22. The molecule has 27 nitrogen and oxygen atoms in total. The van der Waals surface area contributed by atoms with E-state index < -0.39 is 83.5 Å². The second-order valence-corrected chi connectivity index (χ2v) is 23.3. The SMILES string of the molecule is COc1ccc(NC(=O)[C@H](CCCCNC(=O)OCc2ccccc2)NC(=O)c2cc(NC(=O)[C@H](CCCCNC(=O)OCc3ccccc3)NC(=O)c3cc(NC(=O)[C@H](CCCCNC(=O)OCc4ccccc4)NC(=O)OC(C)(C)C)ccc3OC)ccc2OC)cc1C(N)=O. The van der Waals surface area contributed by atoms with Crippen molar-refractivity contribution in [1.82, 2.24) is 31.9 Å². The molecule has 0 bridgehead atoms. The molecule has 0 unspecified atom stereocenters. The number of ether oxygens (including phenoxy) is 7. The van der Waals surface area contributed by atoms with Gasteiger partial charge in [-0.25, -0.2) is 19.2 Å². The van der Waals surface area contributed by atoms with Gasteiger partial charge in [0.2, 0.25) is 17.7 Å². The van der Waals surface area contributed by atoms with E-state index in [0.717, 1.165) is 16.7 Å². The van der Waals surface area contributed by atoms with Crippen LogP contribution in [0.1, 0.15) is 126 Å². The van der Waals surface area contributed by atoms with Crippen molar-refractivity contribution < 1.29 is 81.1 Å². The van der Waals surface area contributed by atoms with Crippen molar-refractivity contribution in [1.29, 1.82) is 0 Å². The molecule has 0 saturated heterocycles. The Morgan fingerprint density at radius 1 is 0.388 bits per heavy atom. The van der Waals surface area contributed by atoms with Crippen LogP contribution in [0.25, 0.3) is 0 Å². The maximum atomic E-state index is 14.6. The van der Waals surface area contributed by atoms with Gasteiger partial charge in [0, 0.05) is 36.7 Å². The number of nitrogens with two attached hydrogens (primary N) is 1. The number of methoxy groups -OCH3 is 3. The molecule has 11 N–H and O–H groups in total. The van der Waals surface area contributed by atoms with Crippen LogP contribution in [0, 0.1) is 0 Å². The highest BCUT2D eigenvalue weighted by Crippen LogP contribution is 2.27. The molecule has 3 atom stereocenters. The second-order valence-electron chi connectivity index (χ2n) is 23.3. The molecule has 522 valence electrons. The number of alkyl carbamates (subject to hydrolysis) is 4. The van der Waals surface area contributed by atoms with E-state index in [0.29, 0.717) is 32.1 Å². The highest BCUT2D eigenvalue weighted by Gasteiger charge is 2.29. The largest absolute Gasteiger partial charge is 0.496 e. The van der Waals surface area contributed by atoms with Crippen molar-refractivity contribution in [2.24, 2.45) is 5.73 Å². The van der Waals surface area contributed by atoms with Crippen LogP contribution in [0.5, 0.6) is 17.2 Å². The third kappa shape index (κ3) is 26.4. The highest BCUT2D eigenvalue weighted by atomic mass is 16.6. The van der Waals surface area contributed by atoms with Crippen molar-refractivity contribution in [3.8, 4) is 17.2 Å². The number of benzene rings is 6. The number of carbonyl (C=O) groups excluding carboxylic acids is 10. The number of hydrogen-bond donors (Lipinski definition) is 10. The number of primary amides is 1. The lowest BCUT2D eigenvalue weighted by Gasteiger charge is -2.23. The standard InChI is InChI=1S/C71H86N10O17/c1-71(2,3)98-70(91)81-57(30-18-21-39-75-69(90)97-45-48-26-14-9-15-27-48)66(87)78-51-33-36-60(94-6)54(42-51)63(84)80-56(29-17-20-38-74-68(89)96-44-47-24-12-8-13-25-47)65(86)77-50-32-35-59(93-5)53(41-50)62(83)79-55(64(85)76-49-31-34-58(92-4)52(40-49)61(72)82)28-16-19-37-73-67(88)95-43-46-22-10-7-11-23-46/h7-15,22-27,31-36,40-42,55-57H,16-21,28-30,37-39,43-45H2,1-6H3,(H2,72,82)(H,73,88)(H,74,89)(H,75,90)(H,76,85)(H,77,86)(H,78,87)(H,79,83)(H,80,84)(H,81,91)/t55-,56-,57-/m0/s1. The Balaban J connectivity index is 1.18. The minimum absolute atomic E-state index is 0.000718. The minimum Gasteiger partial charge on any atom is -0.496 e. The Hall–Kier alpha value is -11.4. The van der Waals surface area contributed by atoms with E-state index in [4.69, 9.17) is 38.9 Å². The second kappa shape index (κ2) is 39.5. The number of nitrogens with one attached hydrogen (secondary N) is 9. The normalized spacial score (nSPS) is 11.7. The molecule has 0 aliphatic rings. The van der Waals surface area contributed by atoms with Crippen LogP contribution in [0.4, 0.5) is 36.2 Å². The van der Waals surface area contributed by atoms with Gasteiger partial charge in [0.25, 0.3) is 17.7 Å². The summed E-state index contributed by atoms with van der Waals surface area (Å²) in [6, 6.07) is 36.4. The fourth-order valence-corrected chi connectivity index (χ4v) is 9.64. The summed E-state index contributed by atoms with van der Waals surface area (Å²) in [7, 11) is 4.00. The number of amides is 10. The fraction of sp³-hybridized carbons (Fsp3) is 0.352. The molecule has 10 amide bonds. The Bertz CT molecular complexity index is 3650. The number of rotatable bonds is 36. The molecule has 0 radical (unpaired) electrons. The summed E-state index contributed by atoms with van der Waals surface area (Å²) >= 11 is 0. The van der Waals surface area contributed by atoms with E-state index in [1.807, 2.05) is 91.0 Å². The summed E-state index contributed by atoms with van der Waals surface area (Å²) < 4.78 is 37.8. The smallest absolute Gasteiger partial charge is 0.408 e. The van der Waals surface area contributed by atoms with E-state index in [1.54, 1.807) is 20.8 Å². The summed E-state index contributed by atoms with van der Waals surface area (Å²) in [4.78, 5) is 135. The first-order valence-corrected chi connectivity index (χ1v) is 31.8. The molecule has 27 heteroatoms. The number of carbonyl (C=O) groups is 10. The van der Waals surface area contributed by atoms with Gasteiger partial charge in [-0.1, -0.05) is 91.0 Å². The monoisotopic (exact) mass is 1350 g/mol. The van der Waals surface area contributed by atoms with Gasteiger partial charge >= 0.3 is 24.4 Å². The first kappa shape index (κ1) is 75.6. The third-order valence-electron chi connectivity index (χ3n) is 14.6. The maximum absolute atomic E-state index is 14.6. The van der Waals surface area contributed by atoms with Crippen molar-refractivity contribution in [3.05, 3.63) is 179 Å². The van der Waals surface area contributed by atoms with E-state index in [-0.39, 0.29) is 116 Å². The van der Waals surface area contributed by atoms with E-state index in [2.05, 4.69) is 47.9 Å². The van der Waals surface area contributed by atoms with Crippen molar-refractivity contribution >= 4 is 76.9 Å². The van der Waals surface area contributed by atoms with Gasteiger partial charge in [0.15, 0.2) is 0 Å². The molecule has 6 rings (SSSR count). The van der Waals surface area contributed by atoms with Gasteiger partial charge in [-0.2, -0.15) is 0 Å². The Morgan fingerprint density at radius 3 is 1.00 bits per heavy atom. The Kier molecular flexibility index (Phi) is 30.5. The molecule has 98 heavy (non-hydrogen) atoms. The van der Waals surface area contributed by atoms with Crippen molar-refractivity contribution in [3.63, 3.8) is 0 Å². The Labute approximate surface area is 568 Å². The quantitative estimate of drug-likeness (QED) is 0.0129. The molecule has 0 spiro atoms. The molecule has 6 aromatic carbocycles. The average molecular weight is 1350 g/mol. The van der Waals surface area contributed by atoms with Crippen LogP contribution in [0.2, 0.25) is 0 Å². The van der Waals surface area contributed by atoms with Crippen LogP contribution in [0.15, 0.2) is 146 Å². The topological polar surface area (TPSA) is 370 Å². The molecule has 0 heterocycles. The molecule has 0 aromatic heterocycles. The van der Waals surface area contributed by atoms with Crippen molar-refractivity contribution in [2.45, 2.75) is 122 Å². The zero-order chi connectivity index (χ0) is 70.8. The average Bonchev–Trinajstić information content (AvgIpc) is 0.840. The molecular weight excluding hydrogens is 1260 g/mol. The van der Waals surface area contributed by atoms with Gasteiger partial charge in [-0.05, 0) is 150 Å². The van der Waals surface area contributed by atoms with E-state index in [1.165, 1.54) is 75.9 Å². The molecule has 0 saturated carbocycles. The Morgan fingerprint density at radius 2 is 0.694 bits per heavy atom. The van der Waals surface area contributed by atoms with Crippen molar-refractivity contribution in [2.75, 3.05) is 56.9 Å². The van der Waals surface area contributed by atoms with Crippen LogP contribution >= 0.6 is 0 Å². The zero-order valence-corrected chi connectivity index (χ0v) is 55.7. The van der Waals surface area contributed by atoms with Crippen LogP contribution in [-0.2, 0) is 53.2 Å². The summed E-state index contributed by atoms with van der Waals surface area (Å²) in [5.74, 6) is -4.24. The lowest BCUT2D eigenvalue weighted by atomic mass is 10.1. The van der Waals surface area contributed by atoms with Crippen LogP contribution < -0.4 is 67.8 Å². The minimum atomic E-state index is -1.31. The summed E-state index contributed by atoms with van der Waals surface area (Å²) in [6.07, 6.45) is -0.621. The number of anilines is 3. The van der Waals surface area contributed by atoms with E-state index >= 15 is 0 Å². The van der Waals surface area contributed by atoms with Gasteiger partial charge in [-0.3, -0.25) is 28.8 Å². The zero-order valence-electron chi connectivity index (χ0n) is 55.7. The van der Waals surface area contributed by atoms with E-state index in [9.17, 15) is 47.9 Å². The van der Waals surface area contributed by atoms with Crippen LogP contribution in [-0.4, -0.2) is 125 Å². The van der Waals surface area contributed by atoms with Crippen LogP contribution in [0.3, 0.4) is 0 Å². The number of hydrogen-bond acceptors (Lipinski definition) is 17. The molecular formula is C71H86N10O17. The third-order valence-corrected chi connectivity index (χ3v) is 14.6. The summed E-state index contributed by atoms with van der Waals surface area (Å²) in [6.45, 7) is 5.71. The predicted molar refractivity (Wildman–Crippen MR) is 364 cm³/mol. The predicted octanol–water partition coefficient (Wildman–Crippen LogP) is 9.41. The fourth-order valence-electron chi connectivity index (χ4n) is 9.64. The molecule has 0 aliphatic carbocycles. The lowest BCUT2D eigenvalue weighted by molar-refractivity contribution is -0.119. The molecule has 6 aromatic rings. The van der Waals surface area contributed by atoms with Gasteiger partial charge in [0.05, 0.1) is 38.0 Å². The first-order chi connectivity index (χ1) is 47.1.